The second-order valence-corrected chi connectivity index (χ2v) is 21.3. The molecular weight excluding hydrogens is 1030 g/mol. The number of fused-ring (bicyclic) bond motifs is 9. The number of nitrogens with zero attached hydrogens (tertiary/aromatic N) is 1. The number of para-hydroxylation sites is 2. The Balaban J connectivity index is 1.08. The van der Waals surface area contributed by atoms with Crippen molar-refractivity contribution in [2.24, 2.45) is 0 Å². The number of aryl methyl sites for hydroxylation is 2. The van der Waals surface area contributed by atoms with E-state index in [0.717, 1.165) is 44.1 Å². The molecule has 0 spiro atoms. The highest BCUT2D eigenvalue weighted by atomic mass is 16.6. The third-order valence-corrected chi connectivity index (χ3v) is 13.7. The fourth-order valence-corrected chi connectivity index (χ4v) is 10.3. The number of aromatic nitrogens is 3. The van der Waals surface area contributed by atoms with Gasteiger partial charge < -0.3 is 67.5 Å². The topological polar surface area (TPSA) is 233 Å². The Morgan fingerprint density at radius 1 is 0.613 bits per heavy atom. The normalized spacial score (nSPS) is 13.0. The van der Waals surface area contributed by atoms with Gasteiger partial charge in [0.15, 0.2) is 34.5 Å². The summed E-state index contributed by atoms with van der Waals surface area (Å²) < 4.78 is 54.8. The number of esters is 2. The molecule has 4 aromatic heterocycles. The van der Waals surface area contributed by atoms with E-state index >= 15 is 0 Å². The molecule has 5 aromatic carbocycles. The van der Waals surface area contributed by atoms with E-state index in [1.54, 1.807) is 92.4 Å². The zero-order chi connectivity index (χ0) is 56.8. The monoisotopic (exact) mass is 1090 g/mol. The summed E-state index contributed by atoms with van der Waals surface area (Å²) >= 11 is 0. The number of H-pyrrole nitrogens is 2. The van der Waals surface area contributed by atoms with Gasteiger partial charge in [-0.25, -0.2) is 24.0 Å². The van der Waals surface area contributed by atoms with Crippen LogP contribution in [0.4, 0.5) is 9.59 Å². The first-order valence-corrected chi connectivity index (χ1v) is 25.9. The maximum atomic E-state index is 14.7. The van der Waals surface area contributed by atoms with Crippen LogP contribution in [0, 0.1) is 0 Å². The van der Waals surface area contributed by atoms with Gasteiger partial charge in [-0.15, -0.1) is 0 Å². The Labute approximate surface area is 459 Å². The Hall–Kier alpha value is -9.39. The highest BCUT2D eigenvalue weighted by Gasteiger charge is 2.34. The lowest BCUT2D eigenvalue weighted by Crippen LogP contribution is -2.46. The summed E-state index contributed by atoms with van der Waals surface area (Å²) in [6, 6.07) is 24.6. The summed E-state index contributed by atoms with van der Waals surface area (Å²) in [4.78, 5) is 76.4. The third kappa shape index (κ3) is 10.8. The molecule has 0 saturated heterocycles. The molecule has 2 atom stereocenters. The predicted octanol–water partition coefficient (Wildman–Crippen LogP) is 10.7. The maximum absolute atomic E-state index is 14.7. The molecule has 0 bridgehead atoms. The zero-order valence-electron chi connectivity index (χ0n) is 46.0. The molecule has 0 unspecified atom stereocenters. The Morgan fingerprint density at radius 2 is 1.12 bits per heavy atom. The van der Waals surface area contributed by atoms with Crippen LogP contribution < -0.4 is 44.7 Å². The third-order valence-electron chi connectivity index (χ3n) is 13.7. The number of amides is 2. The van der Waals surface area contributed by atoms with Crippen LogP contribution in [0.25, 0.3) is 66.1 Å². The molecule has 9 aromatic rings. The van der Waals surface area contributed by atoms with E-state index in [1.165, 1.54) is 20.3 Å². The lowest BCUT2D eigenvalue weighted by molar-refractivity contribution is -0.137. The Kier molecular flexibility index (Phi) is 14.5. The summed E-state index contributed by atoms with van der Waals surface area (Å²) in [6.45, 7) is 10.7. The molecule has 0 radical (unpaired) electrons. The van der Waals surface area contributed by atoms with Crippen LogP contribution in [-0.4, -0.2) is 90.4 Å². The smallest absolute Gasteiger partial charge is 0.408 e. The van der Waals surface area contributed by atoms with Crippen LogP contribution in [0.2, 0.25) is 0 Å². The van der Waals surface area contributed by atoms with Crippen molar-refractivity contribution in [2.75, 3.05) is 28.4 Å². The van der Waals surface area contributed by atoms with E-state index in [4.69, 9.17) is 42.3 Å². The summed E-state index contributed by atoms with van der Waals surface area (Å²) in [6.07, 6.45) is 2.52. The van der Waals surface area contributed by atoms with Crippen molar-refractivity contribution in [1.82, 2.24) is 25.2 Å². The van der Waals surface area contributed by atoms with Crippen LogP contribution in [0.3, 0.4) is 0 Å². The second kappa shape index (κ2) is 21.4. The number of rotatable bonds is 15. The van der Waals surface area contributed by atoms with E-state index in [-0.39, 0.29) is 46.9 Å². The molecular formula is C61H61N5O14. The van der Waals surface area contributed by atoms with Crippen LogP contribution in [0.5, 0.6) is 34.5 Å². The van der Waals surface area contributed by atoms with Gasteiger partial charge >= 0.3 is 29.8 Å². The minimum atomic E-state index is -1.25. The van der Waals surface area contributed by atoms with E-state index in [2.05, 4.69) is 20.6 Å². The summed E-state index contributed by atoms with van der Waals surface area (Å²) in [5.41, 5.74) is 4.48. The van der Waals surface area contributed by atoms with Gasteiger partial charge in [-0.2, -0.15) is 0 Å². The van der Waals surface area contributed by atoms with Crippen LogP contribution in [0.15, 0.2) is 113 Å². The van der Waals surface area contributed by atoms with Gasteiger partial charge in [0, 0.05) is 81.6 Å². The molecule has 0 saturated carbocycles. The SMILES string of the molecule is COc1cc2c(cc1OC)-c1c(-c3ccc(OC(=O)[C@H](Cc4c[nH]c5ccccc45)NC(=O)OC(C)(C)C)c(OC)c3)c3c4cc(OC)c(OC(=O)[C@H](Cc5c[nH]c6ccccc56)NC(=O)OC(C)(C)C)cc4oc(=O)c3n1CC2. The second-order valence-electron chi connectivity index (χ2n) is 21.3. The van der Waals surface area contributed by atoms with Crippen molar-refractivity contribution >= 4 is 67.8 Å². The number of methoxy groups -OCH3 is 4. The van der Waals surface area contributed by atoms with Crippen LogP contribution in [0.1, 0.15) is 58.2 Å². The quantitative estimate of drug-likeness (QED) is 0.0425. The van der Waals surface area contributed by atoms with Gasteiger partial charge in [0.1, 0.15) is 34.4 Å². The number of hydrogen-bond acceptors (Lipinski definition) is 14. The number of hydrogen-bond donors (Lipinski definition) is 4. The lowest BCUT2D eigenvalue weighted by atomic mass is 9.91. The molecule has 19 nitrogen and oxygen atoms in total. The standard InChI is InChI=1S/C61H61N5O14/c1-60(2,3)79-58(70)64-42(23-34-30-62-40-17-13-11-15-36(34)40)55(67)76-44-20-19-33(26-46(44)72-7)51-52-39-28-49(75-10)50(78-56(68)43(65-59(71)80-61(4,5)6)24-35-31-63-41-18-14-12-16-37(35)41)29-45(39)77-57(69)54(52)66-22-21-32-25-47(73-8)48(74-9)27-38(32)53(51)66/h11-20,25-31,42-43,62-63H,21-24H2,1-10H3,(H,64,70)(H,65,71)/t42-,43-/m0/s1. The first-order valence-electron chi connectivity index (χ1n) is 25.9. The largest absolute Gasteiger partial charge is 0.493 e. The Morgan fingerprint density at radius 3 is 1.68 bits per heavy atom. The van der Waals surface area contributed by atoms with Gasteiger partial charge in [-0.1, -0.05) is 42.5 Å². The van der Waals surface area contributed by atoms with E-state index in [0.29, 0.717) is 52.1 Å². The van der Waals surface area contributed by atoms with Crippen molar-refractivity contribution in [3.63, 3.8) is 0 Å². The highest BCUT2D eigenvalue weighted by molar-refractivity contribution is 6.17. The first kappa shape index (κ1) is 54.0. The maximum Gasteiger partial charge on any atom is 0.408 e. The molecule has 5 heterocycles. The van der Waals surface area contributed by atoms with Crippen LogP contribution in [-0.2, 0) is 44.9 Å². The molecule has 414 valence electrons. The van der Waals surface area contributed by atoms with Crippen molar-refractivity contribution in [1.29, 1.82) is 0 Å². The zero-order valence-corrected chi connectivity index (χ0v) is 46.0. The minimum absolute atomic E-state index is 0.0293. The van der Waals surface area contributed by atoms with E-state index in [9.17, 15) is 24.0 Å². The predicted molar refractivity (Wildman–Crippen MR) is 300 cm³/mol. The summed E-state index contributed by atoms with van der Waals surface area (Å²) in [7, 11) is 5.95. The molecule has 1 aliphatic rings. The number of benzene rings is 5. The molecule has 19 heteroatoms. The van der Waals surface area contributed by atoms with Crippen molar-refractivity contribution in [3.8, 4) is 56.9 Å². The molecule has 1 aliphatic heterocycles. The molecule has 0 aliphatic carbocycles. The lowest BCUT2D eigenvalue weighted by Gasteiger charge is -2.23. The minimum Gasteiger partial charge on any atom is -0.493 e. The molecule has 2 amide bonds. The fraction of sp³-hybridized carbons (Fsp3) is 0.295. The van der Waals surface area contributed by atoms with Gasteiger partial charge in [0.2, 0.25) is 0 Å². The average Bonchev–Trinajstić information content (AvgIpc) is 4.22. The number of alkyl carbamates (subject to hydrolysis) is 2. The average molecular weight is 1090 g/mol. The number of nitrogens with one attached hydrogen (secondary N) is 4. The van der Waals surface area contributed by atoms with Crippen LogP contribution >= 0.6 is 0 Å². The molecule has 4 N–H and O–H groups in total. The molecule has 10 rings (SSSR count). The number of carbonyl (C=O) groups is 4. The summed E-state index contributed by atoms with van der Waals surface area (Å²) in [5.74, 6) is -0.450. The molecule has 80 heavy (non-hydrogen) atoms. The number of carbonyl (C=O) groups excluding carboxylic acids is 4. The number of aromatic amines is 2. The van der Waals surface area contributed by atoms with E-state index in [1.807, 2.05) is 65.2 Å². The fourth-order valence-electron chi connectivity index (χ4n) is 10.3. The van der Waals surface area contributed by atoms with E-state index < -0.39 is 53.0 Å². The van der Waals surface area contributed by atoms with Gasteiger partial charge in [-0.05, 0) is 113 Å². The van der Waals surface area contributed by atoms with Crippen molar-refractivity contribution in [2.45, 2.75) is 90.6 Å². The van der Waals surface area contributed by atoms with Gasteiger partial charge in [-0.3, -0.25) is 0 Å². The molecule has 0 fully saturated rings. The number of ether oxygens (including phenoxy) is 8. The van der Waals surface area contributed by atoms with Crippen molar-refractivity contribution < 1.29 is 61.5 Å². The highest BCUT2D eigenvalue weighted by Crippen LogP contribution is 2.50. The van der Waals surface area contributed by atoms with Gasteiger partial charge in [0.25, 0.3) is 0 Å². The van der Waals surface area contributed by atoms with Gasteiger partial charge in [0.05, 0.1) is 34.1 Å². The summed E-state index contributed by atoms with van der Waals surface area (Å²) in [5, 5.41) is 8.01. The van der Waals surface area contributed by atoms with Crippen molar-refractivity contribution in [3.05, 3.63) is 130 Å². The first-order chi connectivity index (χ1) is 38.2. The Bertz CT molecular complexity index is 3960.